The van der Waals surface area contributed by atoms with Crippen molar-refractivity contribution < 1.29 is 34.8 Å². The van der Waals surface area contributed by atoms with Crippen LogP contribution in [0.25, 0.3) is 0 Å². The summed E-state index contributed by atoms with van der Waals surface area (Å²) in [5.41, 5.74) is 11.2. The van der Waals surface area contributed by atoms with Crippen LogP contribution in [-0.4, -0.2) is 25.8 Å². The van der Waals surface area contributed by atoms with Crippen LogP contribution in [-0.2, 0) is 21.2 Å². The second-order valence-electron chi connectivity index (χ2n) is 4.49. The van der Waals surface area contributed by atoms with E-state index < -0.39 is 21.5 Å². The third-order valence-corrected chi connectivity index (χ3v) is 4.29. The Morgan fingerprint density at radius 3 is 2.30 bits per heavy atom. The number of halogens is 1. The summed E-state index contributed by atoms with van der Waals surface area (Å²) in [7, 11) is -3.33. The number of amides is 1. The minimum absolute atomic E-state index is 0. The van der Waals surface area contributed by atoms with Crippen molar-refractivity contribution in [1.29, 1.82) is 0 Å². The van der Waals surface area contributed by atoms with Gasteiger partial charge in [-0.2, -0.15) is 0 Å². The molecule has 20 heavy (non-hydrogen) atoms. The molecule has 0 fully saturated rings. The van der Waals surface area contributed by atoms with Crippen LogP contribution in [0.4, 0.5) is 5.69 Å². The third-order valence-electron chi connectivity index (χ3n) is 2.65. The minimum Gasteiger partial charge on any atom is -1.00 e. The molecule has 4 N–H and O–H groups in total. The van der Waals surface area contributed by atoms with Crippen LogP contribution < -0.4 is 33.0 Å². The van der Waals surface area contributed by atoms with Gasteiger partial charge in [0.05, 0.1) is 5.75 Å². The average Bonchev–Trinajstić information content (AvgIpc) is 2.29. The van der Waals surface area contributed by atoms with E-state index in [2.05, 4.69) is 0 Å². The summed E-state index contributed by atoms with van der Waals surface area (Å²) in [6.07, 6.45) is 5.99. The van der Waals surface area contributed by atoms with Crippen molar-refractivity contribution >= 4 is 21.4 Å². The smallest absolute Gasteiger partial charge is 0.232 e. The molecule has 0 radical (unpaired) electrons. The van der Waals surface area contributed by atoms with Gasteiger partial charge in [-0.25, -0.2) is 13.0 Å². The Bertz CT molecular complexity index is 517. The summed E-state index contributed by atoms with van der Waals surface area (Å²) < 4.78 is 24.8. The molecule has 1 rings (SSSR count). The molecule has 0 unspecified atom stereocenters. The summed E-state index contributed by atoms with van der Waals surface area (Å²) in [5.74, 6) is -1.33. The highest BCUT2D eigenvalue weighted by Crippen LogP contribution is 2.01. The highest BCUT2D eigenvalue weighted by molar-refractivity contribution is 7.92. The molecule has 0 aliphatic heterocycles. The molecule has 0 aliphatic carbocycles. The van der Waals surface area contributed by atoms with Crippen LogP contribution in [0.2, 0.25) is 0 Å². The summed E-state index contributed by atoms with van der Waals surface area (Å²) in [5, 5.41) is 0. The number of carbonyl (C=O) groups excluding carboxylic acids is 1. The Kier molecular flexibility index (Phi) is 8.40. The monoisotopic (exact) mass is 365 g/mol. The lowest BCUT2D eigenvalue weighted by Crippen LogP contribution is -3.00. The zero-order chi connectivity index (χ0) is 14.3. The molecule has 114 valence electrons. The van der Waals surface area contributed by atoms with Gasteiger partial charge >= 0.3 is 0 Å². The van der Waals surface area contributed by atoms with E-state index in [0.717, 1.165) is 19.4 Å². The lowest BCUT2D eigenvalue weighted by Gasteiger charge is -2.01. The lowest BCUT2D eigenvalue weighted by molar-refractivity contribution is -0.697. The van der Waals surface area contributed by atoms with Crippen molar-refractivity contribution in [3.8, 4) is 0 Å². The molecular weight excluding hydrogens is 346 g/mol. The molecule has 0 bridgehead atoms. The van der Waals surface area contributed by atoms with E-state index in [9.17, 15) is 13.2 Å². The van der Waals surface area contributed by atoms with Crippen molar-refractivity contribution in [3.05, 3.63) is 24.5 Å². The Hall–Kier alpha value is -1.15. The van der Waals surface area contributed by atoms with Gasteiger partial charge in [0, 0.05) is 24.2 Å². The number of rotatable bonds is 8. The van der Waals surface area contributed by atoms with Crippen LogP contribution in [0.1, 0.15) is 19.3 Å². The molecule has 0 aliphatic rings. The first kappa shape index (κ1) is 18.9. The van der Waals surface area contributed by atoms with Gasteiger partial charge in [-0.15, -0.1) is 0 Å². The normalized spacial score (nSPS) is 10.8. The molecule has 0 spiro atoms. The topological polar surface area (TPSA) is 107 Å². The summed E-state index contributed by atoms with van der Waals surface area (Å²) in [4.78, 5) is 10.5. The minimum atomic E-state index is -3.33. The molecule has 0 aromatic carbocycles. The number of aryl methyl sites for hydroxylation is 1. The van der Waals surface area contributed by atoms with Crippen molar-refractivity contribution in [2.45, 2.75) is 25.8 Å². The molecule has 1 heterocycles. The van der Waals surface area contributed by atoms with Crippen LogP contribution in [0, 0.1) is 0 Å². The van der Waals surface area contributed by atoms with E-state index in [0.29, 0.717) is 12.1 Å². The fourth-order valence-electron chi connectivity index (χ4n) is 1.70. The van der Waals surface area contributed by atoms with Gasteiger partial charge < -0.3 is 28.4 Å². The number of carbonyl (C=O) groups is 1. The van der Waals surface area contributed by atoms with Gasteiger partial charge in [0.2, 0.25) is 5.91 Å². The Labute approximate surface area is 129 Å². The second kappa shape index (κ2) is 8.91. The second-order valence-corrected chi connectivity index (χ2v) is 6.67. The number of primary amides is 1. The number of aromatic nitrogens is 1. The fraction of sp³-hybridized carbons (Fsp3) is 0.500. The highest BCUT2D eigenvalue weighted by atomic mass is 79.9. The molecule has 8 heteroatoms. The number of pyridine rings is 1. The van der Waals surface area contributed by atoms with Gasteiger partial charge in [-0.1, -0.05) is 0 Å². The first-order chi connectivity index (χ1) is 8.89. The first-order valence-electron chi connectivity index (χ1n) is 6.12. The summed E-state index contributed by atoms with van der Waals surface area (Å²) in [6, 6.07) is 3.63. The van der Waals surface area contributed by atoms with Crippen LogP contribution in [0.15, 0.2) is 24.5 Å². The van der Waals surface area contributed by atoms with Crippen LogP contribution in [0.5, 0.6) is 0 Å². The number of sulfone groups is 1. The van der Waals surface area contributed by atoms with Gasteiger partial charge in [-0.05, 0) is 12.8 Å². The zero-order valence-corrected chi connectivity index (χ0v) is 13.6. The van der Waals surface area contributed by atoms with E-state index in [-0.39, 0.29) is 22.7 Å². The molecular formula is C12H20BrN3O3S. The van der Waals surface area contributed by atoms with Gasteiger partial charge in [0.1, 0.15) is 12.3 Å². The Morgan fingerprint density at radius 2 is 1.75 bits per heavy atom. The summed E-state index contributed by atoms with van der Waals surface area (Å²) in [6.45, 7) is 0.816. The fourth-order valence-corrected chi connectivity index (χ4v) is 2.92. The van der Waals surface area contributed by atoms with Gasteiger partial charge in [0.25, 0.3) is 0 Å². The van der Waals surface area contributed by atoms with Crippen molar-refractivity contribution in [2.75, 3.05) is 17.2 Å². The quantitative estimate of drug-likeness (QED) is 0.370. The van der Waals surface area contributed by atoms with Crippen LogP contribution >= 0.6 is 0 Å². The van der Waals surface area contributed by atoms with E-state index in [1.54, 1.807) is 0 Å². The molecule has 0 saturated heterocycles. The largest absolute Gasteiger partial charge is 1.00 e. The van der Waals surface area contributed by atoms with Crippen molar-refractivity contribution in [2.24, 2.45) is 5.73 Å². The maximum Gasteiger partial charge on any atom is 0.232 e. The molecule has 1 amide bonds. The van der Waals surface area contributed by atoms with Gasteiger partial charge in [0.15, 0.2) is 22.2 Å². The van der Waals surface area contributed by atoms with E-state index in [1.807, 2.05) is 29.1 Å². The maximum atomic E-state index is 11.4. The molecule has 0 atom stereocenters. The zero-order valence-electron chi connectivity index (χ0n) is 11.2. The number of nitrogens with two attached hydrogens (primary N) is 2. The van der Waals surface area contributed by atoms with Crippen molar-refractivity contribution in [3.63, 3.8) is 0 Å². The lowest BCUT2D eigenvalue weighted by atomic mass is 10.2. The number of hydrogen-bond donors (Lipinski definition) is 2. The average molecular weight is 366 g/mol. The van der Waals surface area contributed by atoms with E-state index >= 15 is 0 Å². The highest BCUT2D eigenvalue weighted by Gasteiger charge is 2.13. The molecule has 1 aromatic rings. The van der Waals surface area contributed by atoms with E-state index in [1.165, 1.54) is 0 Å². The molecule has 6 nitrogen and oxygen atoms in total. The Morgan fingerprint density at radius 1 is 1.15 bits per heavy atom. The third kappa shape index (κ3) is 8.11. The van der Waals surface area contributed by atoms with Gasteiger partial charge in [-0.3, -0.25) is 4.79 Å². The number of unbranched alkanes of at least 4 members (excludes halogenated alkanes) is 2. The molecule has 1 aromatic heterocycles. The molecule has 0 saturated carbocycles. The number of hydrogen-bond acceptors (Lipinski definition) is 4. The predicted octanol–water partition coefficient (Wildman–Crippen LogP) is -3.37. The Balaban J connectivity index is 0.00000361. The SMILES string of the molecule is NC(=O)CS(=O)(=O)CCCCC[n+]1ccc(N)cc1.[Br-]. The van der Waals surface area contributed by atoms with E-state index in [4.69, 9.17) is 11.5 Å². The number of nitrogen functional groups attached to an aromatic ring is 1. The standard InChI is InChI=1S/C12H19N3O3S.BrH/c13-11-4-7-15(8-5-11)6-2-1-3-9-19(17,18)10-12(14)16;/h4-5,7-8,13H,1-3,6,9-10H2,(H2,14,16);1H. The first-order valence-corrected chi connectivity index (χ1v) is 7.94. The number of anilines is 1. The maximum absolute atomic E-state index is 11.4. The predicted molar refractivity (Wildman–Crippen MR) is 72.7 cm³/mol. The van der Waals surface area contributed by atoms with Crippen molar-refractivity contribution in [1.82, 2.24) is 0 Å². The number of nitrogens with zero attached hydrogens (tertiary/aromatic N) is 1. The summed E-state index contributed by atoms with van der Waals surface area (Å²) >= 11 is 0. The van der Waals surface area contributed by atoms with Crippen LogP contribution in [0.3, 0.4) is 0 Å².